The molecule has 0 spiro atoms. The predicted molar refractivity (Wildman–Crippen MR) is 106 cm³/mol. The van der Waals surface area contributed by atoms with Gasteiger partial charge in [0.1, 0.15) is 10.8 Å². The maximum atomic E-state index is 12.2. The standard InChI is InChI=1S/C20H15N3O3S/c1-11-2-7-15-17(8-11)27-20(23-15)12-3-5-13(6-4-12)22-19(26)14-10-21-18(25)9-16(14)24/h2-10H,1H3,(H,22,26)(H2,21,24,25). The minimum Gasteiger partial charge on any atom is -0.507 e. The molecule has 4 aromatic rings. The molecule has 27 heavy (non-hydrogen) atoms. The van der Waals surface area contributed by atoms with Crippen LogP contribution < -0.4 is 10.9 Å². The van der Waals surface area contributed by atoms with Gasteiger partial charge in [0.05, 0.1) is 15.8 Å². The Hall–Kier alpha value is -3.45. The topological polar surface area (TPSA) is 95.1 Å². The molecule has 7 heteroatoms. The van der Waals surface area contributed by atoms with Gasteiger partial charge in [-0.15, -0.1) is 11.3 Å². The first kappa shape index (κ1) is 17.0. The van der Waals surface area contributed by atoms with Crippen molar-refractivity contribution in [1.82, 2.24) is 9.97 Å². The van der Waals surface area contributed by atoms with Gasteiger partial charge in [-0.25, -0.2) is 4.98 Å². The van der Waals surface area contributed by atoms with E-state index in [0.717, 1.165) is 26.9 Å². The van der Waals surface area contributed by atoms with E-state index in [1.807, 2.05) is 24.3 Å². The summed E-state index contributed by atoms with van der Waals surface area (Å²) in [5, 5.41) is 13.3. The second-order valence-electron chi connectivity index (χ2n) is 6.12. The van der Waals surface area contributed by atoms with Crippen LogP contribution in [0.4, 0.5) is 5.69 Å². The number of aromatic hydroxyl groups is 1. The summed E-state index contributed by atoms with van der Waals surface area (Å²) in [6.45, 7) is 2.05. The summed E-state index contributed by atoms with van der Waals surface area (Å²) in [7, 11) is 0. The van der Waals surface area contributed by atoms with Crippen molar-refractivity contribution in [3.05, 3.63) is 76.2 Å². The van der Waals surface area contributed by atoms with Crippen LogP contribution in [0.3, 0.4) is 0 Å². The van der Waals surface area contributed by atoms with Crippen molar-refractivity contribution < 1.29 is 9.90 Å². The molecule has 0 saturated heterocycles. The van der Waals surface area contributed by atoms with Crippen molar-refractivity contribution in [3.63, 3.8) is 0 Å². The SMILES string of the molecule is Cc1ccc2nc(-c3ccc(NC(=O)c4c[nH]c(=O)cc4O)cc3)sc2c1. The minimum atomic E-state index is -0.507. The Bertz CT molecular complexity index is 1210. The van der Waals surface area contributed by atoms with Gasteiger partial charge in [-0.05, 0) is 48.9 Å². The number of aromatic amines is 1. The zero-order chi connectivity index (χ0) is 19.0. The summed E-state index contributed by atoms with van der Waals surface area (Å²) >= 11 is 1.62. The molecule has 2 aromatic heterocycles. The van der Waals surface area contributed by atoms with E-state index in [9.17, 15) is 14.7 Å². The van der Waals surface area contributed by atoms with Crippen molar-refractivity contribution in [2.75, 3.05) is 5.32 Å². The van der Waals surface area contributed by atoms with Crippen molar-refractivity contribution in [2.45, 2.75) is 6.92 Å². The van der Waals surface area contributed by atoms with Crippen LogP contribution in [0, 0.1) is 6.92 Å². The Morgan fingerprint density at radius 3 is 2.67 bits per heavy atom. The number of anilines is 1. The molecule has 0 aliphatic rings. The van der Waals surface area contributed by atoms with Gasteiger partial charge < -0.3 is 15.4 Å². The number of nitrogens with one attached hydrogen (secondary N) is 2. The van der Waals surface area contributed by atoms with Crippen LogP contribution in [0.15, 0.2) is 59.5 Å². The number of rotatable bonds is 3. The Balaban J connectivity index is 1.56. The first-order valence-corrected chi connectivity index (χ1v) is 9.02. The summed E-state index contributed by atoms with van der Waals surface area (Å²) < 4.78 is 1.14. The number of aromatic nitrogens is 2. The average molecular weight is 377 g/mol. The third-order valence-corrected chi connectivity index (χ3v) is 5.15. The van der Waals surface area contributed by atoms with Gasteiger partial charge in [0.15, 0.2) is 0 Å². The number of H-pyrrole nitrogens is 1. The second kappa shape index (κ2) is 6.69. The van der Waals surface area contributed by atoms with Gasteiger partial charge in [-0.3, -0.25) is 9.59 Å². The van der Waals surface area contributed by atoms with Gasteiger partial charge in [-0.1, -0.05) is 6.07 Å². The van der Waals surface area contributed by atoms with Gasteiger partial charge in [-0.2, -0.15) is 0 Å². The number of fused-ring (bicyclic) bond motifs is 1. The number of carbonyl (C=O) groups is 1. The van der Waals surface area contributed by atoms with Gasteiger partial charge in [0.2, 0.25) is 0 Å². The maximum Gasteiger partial charge on any atom is 0.260 e. The maximum absolute atomic E-state index is 12.2. The van der Waals surface area contributed by atoms with Crippen LogP contribution in [-0.2, 0) is 0 Å². The molecule has 6 nitrogen and oxygen atoms in total. The van der Waals surface area contributed by atoms with Crippen LogP contribution >= 0.6 is 11.3 Å². The molecule has 2 heterocycles. The van der Waals surface area contributed by atoms with E-state index >= 15 is 0 Å². The van der Waals surface area contributed by atoms with Gasteiger partial charge in [0.25, 0.3) is 11.5 Å². The highest BCUT2D eigenvalue weighted by atomic mass is 32.1. The Morgan fingerprint density at radius 1 is 1.15 bits per heavy atom. The molecule has 0 bridgehead atoms. The van der Waals surface area contributed by atoms with Crippen molar-refractivity contribution in [3.8, 4) is 16.3 Å². The molecule has 0 unspecified atom stereocenters. The molecule has 134 valence electrons. The molecular weight excluding hydrogens is 362 g/mol. The second-order valence-corrected chi connectivity index (χ2v) is 7.15. The summed E-state index contributed by atoms with van der Waals surface area (Å²) in [4.78, 5) is 30.4. The Morgan fingerprint density at radius 2 is 1.93 bits per heavy atom. The van der Waals surface area contributed by atoms with Crippen LogP contribution in [0.2, 0.25) is 0 Å². The van der Waals surface area contributed by atoms with Crippen molar-refractivity contribution in [2.24, 2.45) is 0 Å². The van der Waals surface area contributed by atoms with Gasteiger partial charge in [0, 0.05) is 23.5 Å². The lowest BCUT2D eigenvalue weighted by molar-refractivity contribution is 0.102. The smallest absolute Gasteiger partial charge is 0.260 e. The average Bonchev–Trinajstić information content (AvgIpc) is 3.05. The van der Waals surface area contributed by atoms with E-state index in [2.05, 4.69) is 28.3 Å². The summed E-state index contributed by atoms with van der Waals surface area (Å²) in [6.07, 6.45) is 1.19. The van der Waals surface area contributed by atoms with E-state index in [-0.39, 0.29) is 11.3 Å². The molecule has 0 fully saturated rings. The highest BCUT2D eigenvalue weighted by Crippen LogP contribution is 2.31. The normalized spacial score (nSPS) is 10.9. The highest BCUT2D eigenvalue weighted by Gasteiger charge is 2.12. The molecule has 0 atom stereocenters. The quantitative estimate of drug-likeness (QED) is 0.504. The molecule has 1 amide bonds. The number of nitrogens with zero attached hydrogens (tertiary/aromatic N) is 1. The summed E-state index contributed by atoms with van der Waals surface area (Å²) in [5.41, 5.74) is 3.22. The number of benzene rings is 2. The number of hydrogen-bond acceptors (Lipinski definition) is 5. The Labute approximate surface area is 158 Å². The molecule has 0 aliphatic heterocycles. The predicted octanol–water partition coefficient (Wildman–Crippen LogP) is 3.92. The highest BCUT2D eigenvalue weighted by molar-refractivity contribution is 7.21. The number of hydrogen-bond donors (Lipinski definition) is 3. The lowest BCUT2D eigenvalue weighted by Gasteiger charge is -2.07. The van der Waals surface area contributed by atoms with E-state index in [1.54, 1.807) is 23.5 Å². The largest absolute Gasteiger partial charge is 0.507 e. The van der Waals surface area contributed by atoms with E-state index in [0.29, 0.717) is 5.69 Å². The van der Waals surface area contributed by atoms with Crippen LogP contribution in [0.1, 0.15) is 15.9 Å². The molecule has 2 aromatic carbocycles. The van der Waals surface area contributed by atoms with E-state index in [1.165, 1.54) is 11.8 Å². The third-order valence-electron chi connectivity index (χ3n) is 4.08. The van der Waals surface area contributed by atoms with E-state index < -0.39 is 11.5 Å². The number of amides is 1. The lowest BCUT2D eigenvalue weighted by Crippen LogP contribution is -2.15. The van der Waals surface area contributed by atoms with Crippen molar-refractivity contribution in [1.29, 1.82) is 0 Å². The Kier molecular flexibility index (Phi) is 4.21. The fourth-order valence-corrected chi connectivity index (χ4v) is 3.76. The number of carbonyl (C=O) groups excluding carboxylic acids is 1. The molecule has 0 aliphatic carbocycles. The summed E-state index contributed by atoms with van der Waals surface area (Å²) in [6, 6.07) is 14.4. The van der Waals surface area contributed by atoms with Crippen LogP contribution in [0.25, 0.3) is 20.8 Å². The third kappa shape index (κ3) is 3.45. The van der Waals surface area contributed by atoms with Crippen molar-refractivity contribution >= 4 is 33.1 Å². The first-order valence-electron chi connectivity index (χ1n) is 8.20. The zero-order valence-corrected chi connectivity index (χ0v) is 15.1. The minimum absolute atomic E-state index is 0.000203. The number of aryl methyl sites for hydroxylation is 1. The monoisotopic (exact) mass is 377 g/mol. The first-order chi connectivity index (χ1) is 13.0. The molecule has 3 N–H and O–H groups in total. The molecule has 0 saturated carbocycles. The number of pyridine rings is 1. The molecular formula is C20H15N3O3S. The molecule has 4 rings (SSSR count). The number of thiazole rings is 1. The van der Waals surface area contributed by atoms with E-state index in [4.69, 9.17) is 0 Å². The van der Waals surface area contributed by atoms with Crippen LogP contribution in [-0.4, -0.2) is 21.0 Å². The van der Waals surface area contributed by atoms with Gasteiger partial charge >= 0.3 is 0 Å². The molecule has 0 radical (unpaired) electrons. The lowest BCUT2D eigenvalue weighted by atomic mass is 10.2. The fourth-order valence-electron chi connectivity index (χ4n) is 2.69. The zero-order valence-electron chi connectivity index (χ0n) is 14.3. The van der Waals surface area contributed by atoms with Crippen LogP contribution in [0.5, 0.6) is 5.75 Å². The summed E-state index contributed by atoms with van der Waals surface area (Å²) in [5.74, 6) is -0.871. The fraction of sp³-hybridized carbons (Fsp3) is 0.0500.